The molecule has 0 fully saturated rings. The van der Waals surface area contributed by atoms with E-state index in [0.717, 1.165) is 0 Å². The molecule has 0 aliphatic carbocycles. The first-order valence-corrected chi connectivity index (χ1v) is 4.47. The molecule has 0 amide bonds. The maximum absolute atomic E-state index is 9.51. The number of nitrogens with one attached hydrogen (secondary N) is 2. The lowest BCUT2D eigenvalue weighted by atomic mass is 10.1. The standard InChI is InChI=1S/C8H13N5O/c1-3-4(2)11-6-5(10-3)7(14)13-8(9)12-6/h3-4,10H,1-2H3,(H4,9,11,12,13,14). The Hall–Kier alpha value is -1.72. The zero-order valence-electron chi connectivity index (χ0n) is 8.07. The van der Waals surface area contributed by atoms with Gasteiger partial charge in [-0.2, -0.15) is 9.97 Å². The zero-order chi connectivity index (χ0) is 10.3. The molecule has 6 nitrogen and oxygen atoms in total. The van der Waals surface area contributed by atoms with Crippen LogP contribution in [0.15, 0.2) is 0 Å². The average molecular weight is 195 g/mol. The highest BCUT2D eigenvalue weighted by molar-refractivity contribution is 5.73. The van der Waals surface area contributed by atoms with Crippen molar-refractivity contribution in [2.75, 3.05) is 16.4 Å². The summed E-state index contributed by atoms with van der Waals surface area (Å²) in [5, 5.41) is 15.8. The molecular weight excluding hydrogens is 182 g/mol. The number of aromatic nitrogens is 2. The second kappa shape index (κ2) is 2.90. The third-order valence-electron chi connectivity index (χ3n) is 2.39. The van der Waals surface area contributed by atoms with Crippen LogP contribution in [0, 0.1) is 0 Å². The van der Waals surface area contributed by atoms with E-state index in [1.165, 1.54) is 0 Å². The van der Waals surface area contributed by atoms with Crippen molar-refractivity contribution in [2.24, 2.45) is 0 Å². The number of hydrogen-bond acceptors (Lipinski definition) is 6. The predicted molar refractivity (Wildman–Crippen MR) is 54.3 cm³/mol. The Kier molecular flexibility index (Phi) is 1.83. The highest BCUT2D eigenvalue weighted by Crippen LogP contribution is 2.33. The van der Waals surface area contributed by atoms with E-state index in [9.17, 15) is 5.11 Å². The molecule has 0 saturated heterocycles. The lowest BCUT2D eigenvalue weighted by Crippen LogP contribution is -2.39. The molecule has 0 spiro atoms. The van der Waals surface area contributed by atoms with E-state index in [0.29, 0.717) is 11.5 Å². The molecule has 14 heavy (non-hydrogen) atoms. The number of anilines is 3. The van der Waals surface area contributed by atoms with E-state index < -0.39 is 0 Å². The van der Waals surface area contributed by atoms with Crippen molar-refractivity contribution < 1.29 is 5.11 Å². The molecule has 2 atom stereocenters. The van der Waals surface area contributed by atoms with Crippen LogP contribution < -0.4 is 16.4 Å². The quantitative estimate of drug-likeness (QED) is 0.478. The van der Waals surface area contributed by atoms with Crippen LogP contribution in [-0.2, 0) is 0 Å². The van der Waals surface area contributed by atoms with Gasteiger partial charge in [0.1, 0.15) is 5.69 Å². The number of fused-ring (bicyclic) bond motifs is 1. The fourth-order valence-corrected chi connectivity index (χ4v) is 1.40. The number of nitrogen functional groups attached to an aromatic ring is 1. The minimum Gasteiger partial charge on any atom is -0.492 e. The molecule has 0 aromatic carbocycles. The van der Waals surface area contributed by atoms with Crippen molar-refractivity contribution in [2.45, 2.75) is 25.9 Å². The molecular formula is C8H13N5O. The van der Waals surface area contributed by atoms with E-state index in [2.05, 4.69) is 20.6 Å². The van der Waals surface area contributed by atoms with Gasteiger partial charge >= 0.3 is 0 Å². The number of nitrogens with two attached hydrogens (primary N) is 1. The summed E-state index contributed by atoms with van der Waals surface area (Å²) in [6.07, 6.45) is 0. The van der Waals surface area contributed by atoms with Crippen LogP contribution in [0.5, 0.6) is 5.88 Å². The van der Waals surface area contributed by atoms with E-state index in [-0.39, 0.29) is 23.9 Å². The third-order valence-corrected chi connectivity index (χ3v) is 2.39. The lowest BCUT2D eigenvalue weighted by Gasteiger charge is -2.30. The molecule has 6 heteroatoms. The van der Waals surface area contributed by atoms with E-state index in [1.807, 2.05) is 13.8 Å². The summed E-state index contributed by atoms with van der Waals surface area (Å²) in [4.78, 5) is 7.66. The Balaban J connectivity index is 2.46. The fourth-order valence-electron chi connectivity index (χ4n) is 1.40. The van der Waals surface area contributed by atoms with Crippen LogP contribution in [0.3, 0.4) is 0 Å². The fraction of sp³-hybridized carbons (Fsp3) is 0.500. The van der Waals surface area contributed by atoms with Gasteiger partial charge in [0.25, 0.3) is 0 Å². The number of nitrogens with zero attached hydrogens (tertiary/aromatic N) is 2. The van der Waals surface area contributed by atoms with Crippen LogP contribution in [-0.4, -0.2) is 27.2 Å². The summed E-state index contributed by atoms with van der Waals surface area (Å²) >= 11 is 0. The molecule has 5 N–H and O–H groups in total. The van der Waals surface area contributed by atoms with E-state index in [1.54, 1.807) is 0 Å². The van der Waals surface area contributed by atoms with E-state index in [4.69, 9.17) is 5.73 Å². The molecule has 0 radical (unpaired) electrons. The van der Waals surface area contributed by atoms with Gasteiger partial charge in [0.2, 0.25) is 11.8 Å². The smallest absolute Gasteiger partial charge is 0.242 e. The largest absolute Gasteiger partial charge is 0.492 e. The molecule has 2 rings (SSSR count). The number of rotatable bonds is 0. The third kappa shape index (κ3) is 1.28. The van der Waals surface area contributed by atoms with Gasteiger partial charge < -0.3 is 21.5 Å². The first-order chi connectivity index (χ1) is 6.58. The Morgan fingerprint density at radius 3 is 2.57 bits per heavy atom. The first kappa shape index (κ1) is 8.86. The second-order valence-corrected chi connectivity index (χ2v) is 3.50. The molecule has 1 aromatic rings. The summed E-state index contributed by atoms with van der Waals surface area (Å²) in [5.74, 6) is 0.511. The number of hydrogen-bond donors (Lipinski definition) is 4. The SMILES string of the molecule is CC1Nc2nc(N)nc(O)c2NC1C. The average Bonchev–Trinajstić information content (AvgIpc) is 2.08. The van der Waals surface area contributed by atoms with Crippen molar-refractivity contribution in [3.05, 3.63) is 0 Å². The Morgan fingerprint density at radius 1 is 1.21 bits per heavy atom. The zero-order valence-corrected chi connectivity index (χ0v) is 8.07. The predicted octanol–water partition coefficient (Wildman–Crippen LogP) is 0.379. The first-order valence-electron chi connectivity index (χ1n) is 4.47. The van der Waals surface area contributed by atoms with Crippen molar-refractivity contribution in [1.29, 1.82) is 0 Å². The summed E-state index contributed by atoms with van der Waals surface area (Å²) in [7, 11) is 0. The normalized spacial score (nSPS) is 24.7. The van der Waals surface area contributed by atoms with Crippen molar-refractivity contribution in [3.63, 3.8) is 0 Å². The molecule has 0 bridgehead atoms. The summed E-state index contributed by atoms with van der Waals surface area (Å²) < 4.78 is 0. The Bertz CT molecular complexity index is 367. The van der Waals surface area contributed by atoms with Gasteiger partial charge in [0, 0.05) is 12.1 Å². The molecule has 2 unspecified atom stereocenters. The van der Waals surface area contributed by atoms with Crippen LogP contribution in [0.4, 0.5) is 17.5 Å². The topological polar surface area (TPSA) is 96.1 Å². The van der Waals surface area contributed by atoms with Gasteiger partial charge in [-0.25, -0.2) is 0 Å². The van der Waals surface area contributed by atoms with Crippen molar-refractivity contribution >= 4 is 17.5 Å². The number of aromatic hydroxyl groups is 1. The van der Waals surface area contributed by atoms with Gasteiger partial charge in [-0.15, -0.1) is 0 Å². The van der Waals surface area contributed by atoms with Crippen LogP contribution >= 0.6 is 0 Å². The van der Waals surface area contributed by atoms with Crippen molar-refractivity contribution in [1.82, 2.24) is 9.97 Å². The van der Waals surface area contributed by atoms with Gasteiger partial charge in [-0.05, 0) is 13.8 Å². The monoisotopic (exact) mass is 195 g/mol. The van der Waals surface area contributed by atoms with Crippen molar-refractivity contribution in [3.8, 4) is 5.88 Å². The van der Waals surface area contributed by atoms with Crippen LogP contribution in [0.2, 0.25) is 0 Å². The molecule has 1 aromatic heterocycles. The molecule has 76 valence electrons. The molecule has 1 aliphatic rings. The second-order valence-electron chi connectivity index (χ2n) is 3.50. The van der Waals surface area contributed by atoms with Crippen LogP contribution in [0.1, 0.15) is 13.8 Å². The minimum absolute atomic E-state index is 0.0669. The summed E-state index contributed by atoms with van der Waals surface area (Å²) in [6, 6.07) is 0.442. The van der Waals surface area contributed by atoms with Gasteiger partial charge in [0.05, 0.1) is 0 Å². The molecule has 1 aliphatic heterocycles. The summed E-state index contributed by atoms with van der Waals surface area (Å²) in [6.45, 7) is 4.03. The lowest BCUT2D eigenvalue weighted by molar-refractivity contribution is 0.453. The highest BCUT2D eigenvalue weighted by atomic mass is 16.3. The minimum atomic E-state index is -0.112. The summed E-state index contributed by atoms with van der Waals surface area (Å²) in [5.41, 5.74) is 5.93. The van der Waals surface area contributed by atoms with Crippen LogP contribution in [0.25, 0.3) is 0 Å². The molecule has 2 heterocycles. The highest BCUT2D eigenvalue weighted by Gasteiger charge is 2.24. The van der Waals surface area contributed by atoms with Gasteiger partial charge in [0.15, 0.2) is 5.82 Å². The maximum atomic E-state index is 9.51. The Morgan fingerprint density at radius 2 is 1.86 bits per heavy atom. The van der Waals surface area contributed by atoms with Gasteiger partial charge in [-0.1, -0.05) is 0 Å². The molecule has 0 saturated carbocycles. The van der Waals surface area contributed by atoms with Gasteiger partial charge in [-0.3, -0.25) is 0 Å². The van der Waals surface area contributed by atoms with E-state index >= 15 is 0 Å². The Labute approximate surface area is 81.6 Å². The maximum Gasteiger partial charge on any atom is 0.242 e.